The Morgan fingerprint density at radius 1 is 1.32 bits per heavy atom. The molecule has 0 aromatic heterocycles. The number of nitrogens with two attached hydrogens (primary N) is 1. The molecule has 0 spiro atoms. The molecule has 0 bridgehead atoms. The van der Waals surface area contributed by atoms with Crippen LogP contribution in [0.25, 0.3) is 0 Å². The molecule has 1 aromatic rings. The van der Waals surface area contributed by atoms with Gasteiger partial charge in [-0.2, -0.15) is 0 Å². The molecule has 120 valence electrons. The van der Waals surface area contributed by atoms with Crippen LogP contribution in [0.1, 0.15) is 25.7 Å². The molecule has 5 nitrogen and oxygen atoms in total. The Labute approximate surface area is 134 Å². The molecule has 22 heavy (non-hydrogen) atoms. The predicted molar refractivity (Wildman–Crippen MR) is 87.8 cm³/mol. The van der Waals surface area contributed by atoms with E-state index in [9.17, 15) is 4.79 Å². The van der Waals surface area contributed by atoms with Crippen molar-refractivity contribution < 1.29 is 14.3 Å². The van der Waals surface area contributed by atoms with Gasteiger partial charge in [0.2, 0.25) is 5.91 Å². The summed E-state index contributed by atoms with van der Waals surface area (Å²) in [5.74, 6) is 1.76. The fourth-order valence-electron chi connectivity index (χ4n) is 3.10. The summed E-state index contributed by atoms with van der Waals surface area (Å²) in [5.41, 5.74) is 6.83. The number of fused-ring (bicyclic) bond motifs is 1. The van der Waals surface area contributed by atoms with Crippen LogP contribution in [0.15, 0.2) is 17.0 Å². The molecule has 3 rings (SSSR count). The van der Waals surface area contributed by atoms with Crippen LogP contribution >= 0.6 is 11.8 Å². The van der Waals surface area contributed by atoms with Crippen molar-refractivity contribution >= 4 is 23.4 Å². The van der Waals surface area contributed by atoms with E-state index in [1.807, 2.05) is 18.4 Å². The van der Waals surface area contributed by atoms with Crippen molar-refractivity contribution in [1.82, 2.24) is 0 Å². The Kier molecular flexibility index (Phi) is 4.78. The molecule has 0 radical (unpaired) electrons. The van der Waals surface area contributed by atoms with Crippen molar-refractivity contribution in [2.24, 2.45) is 11.7 Å². The number of hydrogen-bond acceptors (Lipinski definition) is 5. The van der Waals surface area contributed by atoms with Gasteiger partial charge in [0.25, 0.3) is 0 Å². The van der Waals surface area contributed by atoms with Crippen LogP contribution < -0.4 is 20.5 Å². The number of benzene rings is 1. The highest BCUT2D eigenvalue weighted by Crippen LogP contribution is 2.39. The highest BCUT2D eigenvalue weighted by molar-refractivity contribution is 7.98. The lowest BCUT2D eigenvalue weighted by Crippen LogP contribution is -2.28. The third kappa shape index (κ3) is 3.33. The Morgan fingerprint density at radius 2 is 2.05 bits per heavy atom. The highest BCUT2D eigenvalue weighted by atomic mass is 32.2. The van der Waals surface area contributed by atoms with Crippen LogP contribution in [0.2, 0.25) is 0 Å². The van der Waals surface area contributed by atoms with Gasteiger partial charge in [0.05, 0.1) is 5.69 Å². The maximum Gasteiger partial charge on any atom is 0.224 e. The minimum absolute atomic E-state index is 0.0225. The fraction of sp³-hybridized carbons (Fsp3) is 0.562. The van der Waals surface area contributed by atoms with Gasteiger partial charge in [0, 0.05) is 23.4 Å². The number of carbonyl (C=O) groups excluding carboxylic acids is 1. The van der Waals surface area contributed by atoms with E-state index < -0.39 is 0 Å². The van der Waals surface area contributed by atoms with Gasteiger partial charge in [-0.1, -0.05) is 6.42 Å². The van der Waals surface area contributed by atoms with Crippen LogP contribution in [0.5, 0.6) is 11.5 Å². The Bertz CT molecular complexity index is 565. The number of amides is 1. The fourth-order valence-corrected chi connectivity index (χ4v) is 3.65. The van der Waals surface area contributed by atoms with Crippen LogP contribution in [0.4, 0.5) is 5.69 Å². The summed E-state index contributed by atoms with van der Waals surface area (Å²) in [5, 5.41) is 3.01. The molecule has 1 fully saturated rings. The third-order valence-electron chi connectivity index (χ3n) is 4.30. The van der Waals surface area contributed by atoms with E-state index in [0.717, 1.165) is 35.6 Å². The zero-order valence-corrected chi connectivity index (χ0v) is 13.6. The third-order valence-corrected chi connectivity index (χ3v) is 5.08. The lowest BCUT2D eigenvalue weighted by atomic mass is 10.00. The van der Waals surface area contributed by atoms with Gasteiger partial charge in [-0.25, -0.2) is 0 Å². The minimum Gasteiger partial charge on any atom is -0.486 e. The molecule has 1 aliphatic carbocycles. The molecule has 1 saturated carbocycles. The molecular formula is C16H22N2O3S. The molecule has 0 saturated heterocycles. The van der Waals surface area contributed by atoms with E-state index in [4.69, 9.17) is 15.2 Å². The van der Waals surface area contributed by atoms with Crippen LogP contribution in [0.3, 0.4) is 0 Å². The van der Waals surface area contributed by atoms with E-state index in [1.165, 1.54) is 0 Å². The second-order valence-corrected chi connectivity index (χ2v) is 6.65. The molecule has 6 heteroatoms. The van der Waals surface area contributed by atoms with Crippen molar-refractivity contribution in [1.29, 1.82) is 0 Å². The Balaban J connectivity index is 1.72. The smallest absolute Gasteiger partial charge is 0.224 e. The van der Waals surface area contributed by atoms with Crippen molar-refractivity contribution in [3.05, 3.63) is 12.1 Å². The number of ether oxygens (including phenoxy) is 2. The molecule has 1 heterocycles. The summed E-state index contributed by atoms with van der Waals surface area (Å²) < 4.78 is 11.2. The van der Waals surface area contributed by atoms with Crippen molar-refractivity contribution in [3.63, 3.8) is 0 Å². The first-order chi connectivity index (χ1) is 10.7. The van der Waals surface area contributed by atoms with Crippen LogP contribution in [-0.4, -0.2) is 31.4 Å². The number of hydrogen-bond donors (Lipinski definition) is 2. The first-order valence-electron chi connectivity index (χ1n) is 7.70. The normalized spacial score (nSPS) is 23.4. The van der Waals surface area contributed by atoms with E-state index >= 15 is 0 Å². The molecular weight excluding hydrogens is 300 g/mol. The number of anilines is 1. The summed E-state index contributed by atoms with van der Waals surface area (Å²) in [4.78, 5) is 13.3. The van der Waals surface area contributed by atoms with Gasteiger partial charge in [-0.15, -0.1) is 11.8 Å². The van der Waals surface area contributed by atoms with E-state index in [2.05, 4.69) is 5.32 Å². The quantitative estimate of drug-likeness (QED) is 0.834. The second-order valence-electron chi connectivity index (χ2n) is 5.80. The number of thioether (sulfide) groups is 1. The predicted octanol–water partition coefficient (Wildman–Crippen LogP) is 2.64. The Morgan fingerprint density at radius 3 is 2.68 bits per heavy atom. The van der Waals surface area contributed by atoms with Crippen molar-refractivity contribution in [2.45, 2.75) is 36.6 Å². The largest absolute Gasteiger partial charge is 0.486 e. The first kappa shape index (κ1) is 15.5. The SMILES string of the molecule is CSc1cc2c(cc1NC(=O)C[C@@H]1CCC[C@H]1N)OCCO2. The van der Waals surface area contributed by atoms with E-state index in [-0.39, 0.29) is 11.9 Å². The van der Waals surface area contributed by atoms with Crippen LogP contribution in [-0.2, 0) is 4.79 Å². The van der Waals surface area contributed by atoms with Crippen molar-refractivity contribution in [3.8, 4) is 11.5 Å². The summed E-state index contributed by atoms with van der Waals surface area (Å²) in [7, 11) is 0. The maximum atomic E-state index is 12.3. The molecule has 0 unspecified atom stereocenters. The number of rotatable bonds is 4. The summed E-state index contributed by atoms with van der Waals surface area (Å²) in [6, 6.07) is 3.94. The Hall–Kier alpha value is -1.40. The molecule has 2 aliphatic rings. The van der Waals surface area contributed by atoms with Gasteiger partial charge in [-0.3, -0.25) is 4.79 Å². The molecule has 1 amide bonds. The van der Waals surface area contributed by atoms with Crippen LogP contribution in [0, 0.1) is 5.92 Å². The summed E-state index contributed by atoms with van der Waals surface area (Å²) in [6.45, 7) is 1.10. The zero-order valence-electron chi connectivity index (χ0n) is 12.8. The first-order valence-corrected chi connectivity index (χ1v) is 8.93. The average Bonchev–Trinajstić information content (AvgIpc) is 2.91. The standard InChI is InChI=1S/C16H22N2O3S/c1-22-15-9-14-13(20-5-6-21-14)8-12(15)18-16(19)7-10-3-2-4-11(10)17/h8-11H,2-7,17H2,1H3,(H,18,19)/t10-,11+/m0/s1. The average molecular weight is 322 g/mol. The zero-order chi connectivity index (χ0) is 15.5. The minimum atomic E-state index is 0.0225. The van der Waals surface area contributed by atoms with Gasteiger partial charge in [0.15, 0.2) is 11.5 Å². The lowest BCUT2D eigenvalue weighted by Gasteiger charge is -2.21. The van der Waals surface area contributed by atoms with Gasteiger partial charge >= 0.3 is 0 Å². The molecule has 1 aromatic carbocycles. The highest BCUT2D eigenvalue weighted by Gasteiger charge is 2.26. The topological polar surface area (TPSA) is 73.6 Å². The van der Waals surface area contributed by atoms with Crippen molar-refractivity contribution in [2.75, 3.05) is 24.8 Å². The lowest BCUT2D eigenvalue weighted by molar-refractivity contribution is -0.117. The van der Waals surface area contributed by atoms with Gasteiger partial charge in [-0.05, 0) is 31.1 Å². The molecule has 1 aliphatic heterocycles. The molecule has 3 N–H and O–H groups in total. The number of carbonyl (C=O) groups is 1. The summed E-state index contributed by atoms with van der Waals surface area (Å²) >= 11 is 1.58. The van der Waals surface area contributed by atoms with E-state index in [1.54, 1.807) is 11.8 Å². The maximum absolute atomic E-state index is 12.3. The molecule has 2 atom stereocenters. The second kappa shape index (κ2) is 6.79. The van der Waals surface area contributed by atoms with Gasteiger partial charge < -0.3 is 20.5 Å². The summed E-state index contributed by atoms with van der Waals surface area (Å²) in [6.07, 6.45) is 5.67. The monoisotopic (exact) mass is 322 g/mol. The van der Waals surface area contributed by atoms with E-state index in [0.29, 0.717) is 31.3 Å². The van der Waals surface area contributed by atoms with Gasteiger partial charge in [0.1, 0.15) is 13.2 Å². The number of nitrogens with one attached hydrogen (secondary N) is 1.